The normalized spacial score (nSPS) is 20.7. The summed E-state index contributed by atoms with van der Waals surface area (Å²) in [6.45, 7) is 3.89. The second-order valence-corrected chi connectivity index (χ2v) is 4.88. The molecule has 1 heteroatoms. The Morgan fingerprint density at radius 1 is 1.27 bits per heavy atom. The van der Waals surface area contributed by atoms with Gasteiger partial charge in [-0.05, 0) is 43.2 Å². The van der Waals surface area contributed by atoms with Crippen molar-refractivity contribution in [3.05, 3.63) is 35.4 Å². The average molecular weight is 204 g/mol. The van der Waals surface area contributed by atoms with Crippen LogP contribution >= 0.6 is 0 Å². The molecule has 1 N–H and O–H groups in total. The molecule has 0 aromatic heterocycles. The third kappa shape index (κ3) is 2.07. The molecule has 15 heavy (non-hydrogen) atoms. The lowest BCUT2D eigenvalue weighted by Crippen LogP contribution is -2.19. The van der Waals surface area contributed by atoms with Crippen LogP contribution in [-0.2, 0) is 5.60 Å². The van der Waals surface area contributed by atoms with Crippen molar-refractivity contribution >= 4 is 0 Å². The molecular formula is C14H20O. The van der Waals surface area contributed by atoms with Crippen molar-refractivity contribution in [1.29, 1.82) is 0 Å². The number of benzene rings is 1. The number of hydrogen-bond acceptors (Lipinski definition) is 1. The molecule has 1 aromatic rings. The molecule has 0 spiro atoms. The van der Waals surface area contributed by atoms with E-state index in [1.807, 2.05) is 13.8 Å². The first-order valence-electron chi connectivity index (χ1n) is 5.96. The van der Waals surface area contributed by atoms with Crippen molar-refractivity contribution in [2.75, 3.05) is 0 Å². The lowest BCUT2D eigenvalue weighted by molar-refractivity contribution is 0.0530. The van der Waals surface area contributed by atoms with Crippen LogP contribution in [0, 0.1) is 0 Å². The Balaban J connectivity index is 2.16. The van der Waals surface area contributed by atoms with Crippen LogP contribution in [0.1, 0.15) is 56.6 Å². The predicted octanol–water partition coefficient (Wildman–Crippen LogP) is 3.57. The van der Waals surface area contributed by atoms with E-state index in [4.69, 9.17) is 0 Å². The smallest absolute Gasteiger partial charge is 0.0865 e. The summed E-state index contributed by atoms with van der Waals surface area (Å²) in [6.07, 6.45) is 4.81. The van der Waals surface area contributed by atoms with Gasteiger partial charge in [-0.1, -0.05) is 37.6 Å². The third-order valence-electron chi connectivity index (χ3n) is 3.80. The van der Waals surface area contributed by atoms with E-state index in [0.717, 1.165) is 17.9 Å². The Morgan fingerprint density at radius 3 is 2.27 bits per heavy atom. The van der Waals surface area contributed by atoms with E-state index < -0.39 is 5.60 Å². The summed E-state index contributed by atoms with van der Waals surface area (Å²) in [6, 6.07) is 8.53. The summed E-state index contributed by atoms with van der Waals surface area (Å²) in [7, 11) is 0. The van der Waals surface area contributed by atoms with Gasteiger partial charge in [0.15, 0.2) is 0 Å². The first-order chi connectivity index (χ1) is 7.13. The van der Waals surface area contributed by atoms with E-state index >= 15 is 0 Å². The highest BCUT2D eigenvalue weighted by Gasteiger charge is 2.22. The third-order valence-corrected chi connectivity index (χ3v) is 3.80. The van der Waals surface area contributed by atoms with Crippen molar-refractivity contribution < 1.29 is 5.11 Å². The molecule has 1 aliphatic carbocycles. The molecule has 1 nitrogen and oxygen atoms in total. The van der Waals surface area contributed by atoms with Crippen molar-refractivity contribution in [3.8, 4) is 0 Å². The van der Waals surface area contributed by atoms with Crippen LogP contribution in [0.3, 0.4) is 0 Å². The fourth-order valence-corrected chi connectivity index (χ4v) is 2.06. The minimum Gasteiger partial charge on any atom is -0.385 e. The minimum absolute atomic E-state index is 0.669. The Kier molecular flexibility index (Phi) is 2.83. The van der Waals surface area contributed by atoms with Crippen LogP contribution in [0.15, 0.2) is 24.3 Å². The van der Waals surface area contributed by atoms with E-state index in [9.17, 15) is 5.11 Å². The summed E-state index contributed by atoms with van der Waals surface area (Å²) in [5.74, 6) is 0.783. The maximum atomic E-state index is 10.1. The van der Waals surface area contributed by atoms with E-state index in [1.54, 1.807) is 0 Å². The topological polar surface area (TPSA) is 20.2 Å². The van der Waals surface area contributed by atoms with Crippen LogP contribution in [0.4, 0.5) is 0 Å². The van der Waals surface area contributed by atoms with Crippen LogP contribution < -0.4 is 0 Å². The lowest BCUT2D eigenvalue weighted by atomic mass is 9.79. The molecule has 0 amide bonds. The largest absolute Gasteiger partial charge is 0.385 e. The highest BCUT2D eigenvalue weighted by atomic mass is 16.3. The highest BCUT2D eigenvalue weighted by Crippen LogP contribution is 2.37. The number of rotatable bonds is 3. The van der Waals surface area contributed by atoms with Crippen molar-refractivity contribution in [3.63, 3.8) is 0 Å². The van der Waals surface area contributed by atoms with Gasteiger partial charge in [-0.25, -0.2) is 0 Å². The average Bonchev–Trinajstić information content (AvgIpc) is 2.16. The molecule has 2 rings (SSSR count). The van der Waals surface area contributed by atoms with Crippen LogP contribution in [0.25, 0.3) is 0 Å². The Labute approximate surface area is 92.1 Å². The molecule has 1 aliphatic rings. The SMILES string of the molecule is CCC(C)(O)c1ccc(C2CCC2)cc1. The maximum absolute atomic E-state index is 10.1. The quantitative estimate of drug-likeness (QED) is 0.798. The first-order valence-corrected chi connectivity index (χ1v) is 5.96. The van der Waals surface area contributed by atoms with Crippen LogP contribution in [0.2, 0.25) is 0 Å². The van der Waals surface area contributed by atoms with E-state index in [1.165, 1.54) is 24.8 Å². The fraction of sp³-hybridized carbons (Fsp3) is 0.571. The molecule has 0 radical (unpaired) electrons. The Hall–Kier alpha value is -0.820. The molecule has 0 heterocycles. The summed E-state index contributed by atoms with van der Waals surface area (Å²) < 4.78 is 0. The molecule has 1 saturated carbocycles. The zero-order valence-corrected chi connectivity index (χ0v) is 9.66. The molecule has 0 aliphatic heterocycles. The monoisotopic (exact) mass is 204 g/mol. The summed E-state index contributed by atoms with van der Waals surface area (Å²) in [5.41, 5.74) is 1.81. The fourth-order valence-electron chi connectivity index (χ4n) is 2.06. The van der Waals surface area contributed by atoms with Gasteiger partial charge in [0, 0.05) is 0 Å². The van der Waals surface area contributed by atoms with Crippen LogP contribution in [0.5, 0.6) is 0 Å². The molecule has 1 atom stereocenters. The van der Waals surface area contributed by atoms with Gasteiger partial charge in [-0.2, -0.15) is 0 Å². The lowest BCUT2D eigenvalue weighted by Gasteiger charge is -2.27. The van der Waals surface area contributed by atoms with Crippen molar-refractivity contribution in [2.45, 2.75) is 51.0 Å². The predicted molar refractivity (Wildman–Crippen MR) is 62.9 cm³/mol. The van der Waals surface area contributed by atoms with Crippen LogP contribution in [-0.4, -0.2) is 5.11 Å². The van der Waals surface area contributed by atoms with Gasteiger partial charge in [0.2, 0.25) is 0 Å². The molecule has 1 fully saturated rings. The summed E-state index contributed by atoms with van der Waals surface area (Å²) in [5, 5.41) is 10.1. The van der Waals surface area contributed by atoms with Gasteiger partial charge >= 0.3 is 0 Å². The molecular weight excluding hydrogens is 184 g/mol. The van der Waals surface area contributed by atoms with Gasteiger partial charge in [-0.3, -0.25) is 0 Å². The van der Waals surface area contributed by atoms with E-state index in [0.29, 0.717) is 0 Å². The molecule has 82 valence electrons. The highest BCUT2D eigenvalue weighted by molar-refractivity contribution is 5.29. The van der Waals surface area contributed by atoms with Gasteiger partial charge in [-0.15, -0.1) is 0 Å². The maximum Gasteiger partial charge on any atom is 0.0865 e. The Bertz CT molecular complexity index is 320. The first kappa shape index (κ1) is 10.7. The number of hydrogen-bond donors (Lipinski definition) is 1. The second-order valence-electron chi connectivity index (χ2n) is 4.88. The standard InChI is InChI=1S/C14H20O/c1-3-14(2,15)13-9-7-12(8-10-13)11-5-4-6-11/h7-11,15H,3-6H2,1-2H3. The molecule has 1 aromatic carbocycles. The summed E-state index contributed by atoms with van der Waals surface area (Å²) in [4.78, 5) is 0. The Morgan fingerprint density at radius 2 is 1.87 bits per heavy atom. The molecule has 0 saturated heterocycles. The zero-order chi connectivity index (χ0) is 10.9. The van der Waals surface area contributed by atoms with Crippen molar-refractivity contribution in [2.24, 2.45) is 0 Å². The molecule has 1 unspecified atom stereocenters. The second kappa shape index (κ2) is 3.97. The van der Waals surface area contributed by atoms with E-state index in [2.05, 4.69) is 24.3 Å². The van der Waals surface area contributed by atoms with Gasteiger partial charge in [0.1, 0.15) is 0 Å². The van der Waals surface area contributed by atoms with E-state index in [-0.39, 0.29) is 0 Å². The van der Waals surface area contributed by atoms with Gasteiger partial charge in [0.05, 0.1) is 5.60 Å². The molecule has 0 bridgehead atoms. The zero-order valence-electron chi connectivity index (χ0n) is 9.66. The van der Waals surface area contributed by atoms with Gasteiger partial charge < -0.3 is 5.11 Å². The minimum atomic E-state index is -0.669. The van der Waals surface area contributed by atoms with Gasteiger partial charge in [0.25, 0.3) is 0 Å². The number of aliphatic hydroxyl groups is 1. The summed E-state index contributed by atoms with van der Waals surface area (Å²) >= 11 is 0. The van der Waals surface area contributed by atoms with Crippen molar-refractivity contribution in [1.82, 2.24) is 0 Å².